The number of nitrogens with two attached hydrogens (primary N) is 2. The van der Waals surface area contributed by atoms with Crippen molar-refractivity contribution >= 4 is 23.4 Å². The molecule has 0 bridgehead atoms. The van der Waals surface area contributed by atoms with E-state index >= 15 is 0 Å². The van der Waals surface area contributed by atoms with E-state index in [1.807, 2.05) is 0 Å². The molecule has 0 aliphatic carbocycles. The topological polar surface area (TPSA) is 114 Å². The summed E-state index contributed by atoms with van der Waals surface area (Å²) in [5.74, 6) is -3.32. The number of nitrogens with one attached hydrogen (secondary N) is 1. The second-order valence-corrected chi connectivity index (χ2v) is 2.63. The number of carboxylic acids is 1. The van der Waals surface area contributed by atoms with Gasteiger partial charge in [0, 0.05) is 6.08 Å². The monoisotopic (exact) mass is 190 g/mol. The Morgan fingerprint density at radius 3 is 2.83 bits per heavy atom. The zero-order valence-corrected chi connectivity index (χ0v) is 6.67. The number of aliphatic carboxylic acids is 1. The number of halogens is 1. The van der Waals surface area contributed by atoms with Gasteiger partial charge in [-0.2, -0.15) is 0 Å². The summed E-state index contributed by atoms with van der Waals surface area (Å²) >= 11 is 5.49. The van der Waals surface area contributed by atoms with E-state index < -0.39 is 11.8 Å². The van der Waals surface area contributed by atoms with E-state index in [4.69, 9.17) is 28.2 Å². The van der Waals surface area contributed by atoms with Gasteiger partial charge in [-0.1, -0.05) is 11.6 Å². The summed E-state index contributed by atoms with van der Waals surface area (Å²) in [5.41, 5.74) is 10.5. The minimum absolute atomic E-state index is 0.0244. The molecule has 66 valence electrons. The lowest BCUT2D eigenvalue weighted by atomic mass is 10.3. The first kappa shape index (κ1) is 8.82. The van der Waals surface area contributed by atoms with Gasteiger partial charge in [0.1, 0.15) is 11.0 Å². The first-order valence-electron chi connectivity index (χ1n) is 2.97. The largest absolute Gasteiger partial charge is 0.477 e. The first-order chi connectivity index (χ1) is 5.44. The van der Waals surface area contributed by atoms with Gasteiger partial charge in [-0.15, -0.1) is 0 Å². The second-order valence-electron chi connectivity index (χ2n) is 2.23. The highest BCUT2D eigenvalue weighted by Gasteiger charge is 2.36. The lowest BCUT2D eigenvalue weighted by molar-refractivity contribution is -0.144. The molecule has 1 aliphatic heterocycles. The van der Waals surface area contributed by atoms with Crippen LogP contribution >= 0.6 is 11.6 Å². The maximum absolute atomic E-state index is 10.5. The van der Waals surface area contributed by atoms with Crippen molar-refractivity contribution in [3.8, 4) is 0 Å². The summed E-state index contributed by atoms with van der Waals surface area (Å²) in [6, 6.07) is 0. The fourth-order valence-electron chi connectivity index (χ4n) is 0.713. The maximum Gasteiger partial charge on any atom is 0.368 e. The molecule has 0 aromatic rings. The number of hydrogen-bond donors (Lipinski definition) is 4. The summed E-state index contributed by atoms with van der Waals surface area (Å²) in [6.07, 6.45) is 1.27. The van der Waals surface area contributed by atoms with Crippen LogP contribution in [-0.2, 0) is 4.79 Å². The smallest absolute Gasteiger partial charge is 0.368 e. The SMILES string of the molecule is NC1=NC(N)(C(=O)O)NC(Cl)=C1. The first-order valence-corrected chi connectivity index (χ1v) is 3.35. The predicted molar refractivity (Wildman–Crippen MR) is 43.2 cm³/mol. The van der Waals surface area contributed by atoms with Crippen molar-refractivity contribution in [2.24, 2.45) is 16.5 Å². The Bertz CT molecular complexity index is 287. The molecule has 0 aromatic heterocycles. The Morgan fingerprint density at radius 2 is 2.42 bits per heavy atom. The molecular weight excluding hydrogens is 184 g/mol. The molecule has 0 amide bonds. The van der Waals surface area contributed by atoms with Crippen molar-refractivity contribution in [3.05, 3.63) is 11.2 Å². The third-order valence-corrected chi connectivity index (χ3v) is 1.42. The molecule has 1 unspecified atom stereocenters. The minimum atomic E-state index is -1.95. The summed E-state index contributed by atoms with van der Waals surface area (Å²) in [4.78, 5) is 14.0. The Hall–Kier alpha value is -1.27. The van der Waals surface area contributed by atoms with Gasteiger partial charge in [-0.05, 0) is 0 Å². The normalized spacial score (nSPS) is 28.5. The number of carbonyl (C=O) groups is 1. The maximum atomic E-state index is 10.5. The fourth-order valence-corrected chi connectivity index (χ4v) is 0.969. The van der Waals surface area contributed by atoms with Gasteiger partial charge in [0.05, 0.1) is 0 Å². The zero-order valence-electron chi connectivity index (χ0n) is 5.91. The van der Waals surface area contributed by atoms with Crippen LogP contribution in [0.2, 0.25) is 0 Å². The quantitative estimate of drug-likeness (QED) is 0.385. The molecule has 7 heteroatoms. The van der Waals surface area contributed by atoms with Crippen LogP contribution in [0.25, 0.3) is 0 Å². The van der Waals surface area contributed by atoms with Crippen molar-refractivity contribution in [3.63, 3.8) is 0 Å². The zero-order chi connectivity index (χ0) is 9.35. The highest BCUT2D eigenvalue weighted by Crippen LogP contribution is 2.10. The molecular formula is C5H7ClN4O2. The van der Waals surface area contributed by atoms with E-state index in [-0.39, 0.29) is 11.0 Å². The molecule has 0 radical (unpaired) electrons. The average Bonchev–Trinajstić information content (AvgIpc) is 1.82. The minimum Gasteiger partial charge on any atom is -0.477 e. The third-order valence-electron chi connectivity index (χ3n) is 1.22. The van der Waals surface area contributed by atoms with Gasteiger partial charge in [0.15, 0.2) is 0 Å². The Balaban J connectivity index is 3.00. The van der Waals surface area contributed by atoms with Crippen LogP contribution in [0.5, 0.6) is 0 Å². The number of rotatable bonds is 1. The third kappa shape index (κ3) is 1.49. The van der Waals surface area contributed by atoms with Crippen molar-refractivity contribution in [2.75, 3.05) is 0 Å². The van der Waals surface area contributed by atoms with Crippen LogP contribution in [0.15, 0.2) is 16.2 Å². The van der Waals surface area contributed by atoms with Crippen LogP contribution in [0, 0.1) is 0 Å². The molecule has 0 spiro atoms. The Morgan fingerprint density at radius 1 is 1.83 bits per heavy atom. The summed E-state index contributed by atoms with van der Waals surface area (Å²) < 4.78 is 0. The van der Waals surface area contributed by atoms with Gasteiger partial charge in [0.2, 0.25) is 0 Å². The van der Waals surface area contributed by atoms with Crippen molar-refractivity contribution in [1.82, 2.24) is 5.32 Å². The molecule has 12 heavy (non-hydrogen) atoms. The molecule has 0 aromatic carbocycles. The summed E-state index contributed by atoms with van der Waals surface area (Å²) in [6.45, 7) is 0. The number of amidine groups is 1. The highest BCUT2D eigenvalue weighted by molar-refractivity contribution is 6.31. The van der Waals surface area contributed by atoms with Crippen molar-refractivity contribution < 1.29 is 9.90 Å². The van der Waals surface area contributed by atoms with Crippen molar-refractivity contribution in [2.45, 2.75) is 5.79 Å². The van der Waals surface area contributed by atoms with Gasteiger partial charge in [0.25, 0.3) is 5.79 Å². The van der Waals surface area contributed by atoms with Crippen LogP contribution in [0.3, 0.4) is 0 Å². The van der Waals surface area contributed by atoms with E-state index in [0.717, 1.165) is 0 Å². The molecule has 1 rings (SSSR count). The molecule has 0 saturated heterocycles. The highest BCUT2D eigenvalue weighted by atomic mass is 35.5. The Kier molecular flexibility index (Phi) is 1.95. The van der Waals surface area contributed by atoms with E-state index in [0.29, 0.717) is 0 Å². The van der Waals surface area contributed by atoms with Crippen LogP contribution < -0.4 is 16.8 Å². The van der Waals surface area contributed by atoms with Gasteiger partial charge in [-0.3, -0.25) is 5.73 Å². The van der Waals surface area contributed by atoms with E-state index in [9.17, 15) is 4.79 Å². The lowest BCUT2D eigenvalue weighted by Crippen LogP contribution is -2.59. The van der Waals surface area contributed by atoms with Gasteiger partial charge in [-0.25, -0.2) is 9.79 Å². The van der Waals surface area contributed by atoms with Gasteiger partial charge >= 0.3 is 5.97 Å². The molecule has 1 aliphatic rings. The Labute approximate surface area is 72.9 Å². The summed E-state index contributed by atoms with van der Waals surface area (Å²) in [5, 5.41) is 10.9. The lowest BCUT2D eigenvalue weighted by Gasteiger charge is -2.25. The molecule has 6 nitrogen and oxygen atoms in total. The van der Waals surface area contributed by atoms with Gasteiger partial charge < -0.3 is 16.2 Å². The number of carboxylic acid groups (broad SMARTS) is 1. The second kappa shape index (κ2) is 2.65. The number of hydrogen-bond acceptors (Lipinski definition) is 5. The standard InChI is InChI=1S/C5H7ClN4O2/c6-2-1-3(7)10-5(8,9-2)4(11)12/h1,9H,8H2,(H2,7,10)(H,11,12). The van der Waals surface area contributed by atoms with Crippen molar-refractivity contribution in [1.29, 1.82) is 0 Å². The van der Waals surface area contributed by atoms with E-state index in [1.54, 1.807) is 0 Å². The fraction of sp³-hybridized carbons (Fsp3) is 0.200. The number of nitrogens with zero attached hydrogens (tertiary/aromatic N) is 1. The van der Waals surface area contributed by atoms with Crippen LogP contribution in [-0.4, -0.2) is 22.7 Å². The average molecular weight is 191 g/mol. The molecule has 0 saturated carbocycles. The molecule has 1 atom stereocenters. The van der Waals surface area contributed by atoms with E-state index in [2.05, 4.69) is 10.3 Å². The van der Waals surface area contributed by atoms with Crippen LogP contribution in [0.1, 0.15) is 0 Å². The van der Waals surface area contributed by atoms with E-state index in [1.165, 1.54) is 6.08 Å². The predicted octanol–water partition coefficient (Wildman–Crippen LogP) is -1.28. The molecule has 6 N–H and O–H groups in total. The number of aliphatic imine (C=N–C) groups is 1. The summed E-state index contributed by atoms with van der Waals surface area (Å²) in [7, 11) is 0. The molecule has 1 heterocycles. The molecule has 0 fully saturated rings. The van der Waals surface area contributed by atoms with Crippen LogP contribution in [0.4, 0.5) is 0 Å².